The summed E-state index contributed by atoms with van der Waals surface area (Å²) in [7, 11) is 0. The quantitative estimate of drug-likeness (QED) is 0.751. The normalized spacial score (nSPS) is 25.1. The van der Waals surface area contributed by atoms with Crippen LogP contribution in [0.1, 0.15) is 0 Å². The molecular formula is C14H19ClIN3O. The lowest BCUT2D eigenvalue weighted by Crippen LogP contribution is -2.33. The number of halogens is 2. The summed E-state index contributed by atoms with van der Waals surface area (Å²) in [6.45, 7) is 4.84. The number of carbonyl (C=O) groups is 1. The molecule has 2 fully saturated rings. The van der Waals surface area contributed by atoms with Crippen LogP contribution in [-0.4, -0.2) is 43.5 Å². The number of likely N-dealkylation sites (tertiary alicyclic amines) is 1. The highest BCUT2D eigenvalue weighted by atomic mass is 127. The molecule has 0 aliphatic carbocycles. The number of hydrogen-bond acceptors (Lipinski definition) is 3. The summed E-state index contributed by atoms with van der Waals surface area (Å²) in [5.74, 6) is 1.58. The monoisotopic (exact) mass is 407 g/mol. The van der Waals surface area contributed by atoms with Gasteiger partial charge in [-0.15, -0.1) is 12.4 Å². The molecule has 0 radical (unpaired) electrons. The second kappa shape index (κ2) is 7.06. The second-order valence-electron chi connectivity index (χ2n) is 5.40. The molecule has 1 amide bonds. The minimum atomic E-state index is 0. The number of nitrogens with one attached hydrogen (secondary N) is 2. The number of nitrogens with zero attached hydrogens (tertiary/aromatic N) is 1. The summed E-state index contributed by atoms with van der Waals surface area (Å²) in [4.78, 5) is 14.3. The van der Waals surface area contributed by atoms with Gasteiger partial charge in [0.15, 0.2) is 0 Å². The van der Waals surface area contributed by atoms with E-state index in [1.54, 1.807) is 0 Å². The average Bonchev–Trinajstić information content (AvgIpc) is 2.92. The highest BCUT2D eigenvalue weighted by Crippen LogP contribution is 2.26. The van der Waals surface area contributed by atoms with Crippen LogP contribution in [0, 0.1) is 15.4 Å². The molecule has 0 bridgehead atoms. The Morgan fingerprint density at radius 2 is 1.95 bits per heavy atom. The van der Waals surface area contributed by atoms with Crippen LogP contribution in [0.15, 0.2) is 24.3 Å². The molecule has 2 aliphatic rings. The first-order chi connectivity index (χ1) is 9.22. The van der Waals surface area contributed by atoms with Crippen LogP contribution in [-0.2, 0) is 4.79 Å². The highest BCUT2D eigenvalue weighted by molar-refractivity contribution is 14.1. The van der Waals surface area contributed by atoms with E-state index in [9.17, 15) is 4.79 Å². The van der Waals surface area contributed by atoms with E-state index >= 15 is 0 Å². The average molecular weight is 408 g/mol. The van der Waals surface area contributed by atoms with Gasteiger partial charge < -0.3 is 10.6 Å². The van der Waals surface area contributed by atoms with Crippen molar-refractivity contribution in [1.82, 2.24) is 10.2 Å². The standard InChI is InChI=1S/C14H18IN3O.ClH/c15-12-3-1-2-4-13(12)17-14(19)9-18-7-10-5-16-6-11(10)8-18;/h1-4,10-11,16H,5-9H2,(H,17,19);1H/t10-,11+;. The molecule has 1 aromatic carbocycles. The maximum atomic E-state index is 12.1. The molecule has 0 saturated carbocycles. The summed E-state index contributed by atoms with van der Waals surface area (Å²) in [5, 5.41) is 6.42. The Hall–Kier alpha value is -0.370. The Bertz CT molecular complexity index is 473. The molecule has 0 aromatic heterocycles. The predicted molar refractivity (Wildman–Crippen MR) is 91.3 cm³/mol. The van der Waals surface area contributed by atoms with Gasteiger partial charge in [-0.1, -0.05) is 12.1 Å². The molecule has 4 nitrogen and oxygen atoms in total. The molecule has 2 atom stereocenters. The molecule has 110 valence electrons. The molecule has 20 heavy (non-hydrogen) atoms. The summed E-state index contributed by atoms with van der Waals surface area (Å²) in [5.41, 5.74) is 0.911. The third-order valence-corrected chi connectivity index (χ3v) is 4.92. The minimum absolute atomic E-state index is 0. The predicted octanol–water partition coefficient (Wildman–Crippen LogP) is 1.80. The molecule has 3 rings (SSSR count). The topological polar surface area (TPSA) is 44.4 Å². The van der Waals surface area contributed by atoms with Gasteiger partial charge in [-0.25, -0.2) is 0 Å². The Balaban J connectivity index is 0.00000147. The lowest BCUT2D eigenvalue weighted by molar-refractivity contribution is -0.117. The zero-order valence-corrected chi connectivity index (χ0v) is 14.1. The van der Waals surface area contributed by atoms with Gasteiger partial charge in [-0.05, 0) is 59.6 Å². The number of fused-ring (bicyclic) bond motifs is 1. The van der Waals surface area contributed by atoms with E-state index in [2.05, 4.69) is 38.1 Å². The number of amides is 1. The van der Waals surface area contributed by atoms with Gasteiger partial charge in [0.2, 0.25) is 5.91 Å². The molecule has 2 saturated heterocycles. The molecule has 2 N–H and O–H groups in total. The second-order valence-corrected chi connectivity index (χ2v) is 6.56. The highest BCUT2D eigenvalue weighted by Gasteiger charge is 2.36. The number of anilines is 1. The van der Waals surface area contributed by atoms with Crippen molar-refractivity contribution in [3.05, 3.63) is 27.8 Å². The molecule has 2 heterocycles. The lowest BCUT2D eigenvalue weighted by Gasteiger charge is -2.16. The van der Waals surface area contributed by atoms with Gasteiger partial charge in [-0.2, -0.15) is 0 Å². The first kappa shape index (κ1) is 16.0. The molecular weight excluding hydrogens is 389 g/mol. The Labute approximate surface area is 139 Å². The fourth-order valence-corrected chi connectivity index (χ4v) is 3.56. The van der Waals surface area contributed by atoms with Crippen molar-refractivity contribution in [3.63, 3.8) is 0 Å². The number of benzene rings is 1. The largest absolute Gasteiger partial charge is 0.324 e. The third-order valence-electron chi connectivity index (χ3n) is 3.98. The summed E-state index contributed by atoms with van der Waals surface area (Å²) < 4.78 is 1.08. The fraction of sp³-hybridized carbons (Fsp3) is 0.500. The van der Waals surface area contributed by atoms with Crippen LogP contribution in [0.5, 0.6) is 0 Å². The van der Waals surface area contributed by atoms with Gasteiger partial charge in [0.25, 0.3) is 0 Å². The molecule has 6 heteroatoms. The zero-order chi connectivity index (χ0) is 13.2. The van der Waals surface area contributed by atoms with E-state index in [4.69, 9.17) is 0 Å². The van der Waals surface area contributed by atoms with Crippen LogP contribution in [0.25, 0.3) is 0 Å². The van der Waals surface area contributed by atoms with E-state index in [-0.39, 0.29) is 18.3 Å². The van der Waals surface area contributed by atoms with Crippen LogP contribution in [0.4, 0.5) is 5.69 Å². The van der Waals surface area contributed by atoms with Crippen LogP contribution >= 0.6 is 35.0 Å². The van der Waals surface area contributed by atoms with Gasteiger partial charge in [0.05, 0.1) is 12.2 Å². The van der Waals surface area contributed by atoms with Crippen molar-refractivity contribution >= 4 is 46.6 Å². The number of hydrogen-bond donors (Lipinski definition) is 2. The van der Waals surface area contributed by atoms with Crippen molar-refractivity contribution in [3.8, 4) is 0 Å². The Morgan fingerprint density at radius 1 is 1.30 bits per heavy atom. The number of para-hydroxylation sites is 1. The van der Waals surface area contributed by atoms with Gasteiger partial charge >= 0.3 is 0 Å². The SMILES string of the molecule is Cl.O=C(CN1C[C@H]2CNC[C@H]2C1)Nc1ccccc1I. The Morgan fingerprint density at radius 3 is 2.60 bits per heavy atom. The van der Waals surface area contributed by atoms with Gasteiger partial charge in [0, 0.05) is 16.7 Å². The van der Waals surface area contributed by atoms with E-state index in [0.29, 0.717) is 6.54 Å². The van der Waals surface area contributed by atoms with Gasteiger partial charge in [-0.3, -0.25) is 9.69 Å². The molecule has 0 unspecified atom stereocenters. The van der Waals surface area contributed by atoms with Gasteiger partial charge in [0.1, 0.15) is 0 Å². The maximum absolute atomic E-state index is 12.1. The molecule has 1 aromatic rings. The first-order valence-corrected chi connectivity index (χ1v) is 7.77. The van der Waals surface area contributed by atoms with Crippen molar-refractivity contribution in [2.45, 2.75) is 0 Å². The summed E-state index contributed by atoms with van der Waals surface area (Å²) in [6, 6.07) is 7.88. The number of rotatable bonds is 3. The van der Waals surface area contributed by atoms with Crippen LogP contribution < -0.4 is 10.6 Å². The summed E-state index contributed by atoms with van der Waals surface area (Å²) >= 11 is 2.24. The van der Waals surface area contributed by atoms with Crippen molar-refractivity contribution in [2.75, 3.05) is 38.0 Å². The smallest absolute Gasteiger partial charge is 0.238 e. The van der Waals surface area contributed by atoms with E-state index < -0.39 is 0 Å². The Kier molecular flexibility index (Phi) is 5.65. The van der Waals surface area contributed by atoms with Crippen molar-refractivity contribution < 1.29 is 4.79 Å². The van der Waals surface area contributed by atoms with E-state index in [1.165, 1.54) is 0 Å². The van der Waals surface area contributed by atoms with Crippen molar-refractivity contribution in [2.24, 2.45) is 11.8 Å². The van der Waals surface area contributed by atoms with Crippen LogP contribution in [0.2, 0.25) is 0 Å². The minimum Gasteiger partial charge on any atom is -0.324 e. The number of carbonyl (C=O) groups excluding carboxylic acids is 1. The molecule has 2 aliphatic heterocycles. The lowest BCUT2D eigenvalue weighted by atomic mass is 10.0. The van der Waals surface area contributed by atoms with E-state index in [0.717, 1.165) is 47.3 Å². The maximum Gasteiger partial charge on any atom is 0.238 e. The third kappa shape index (κ3) is 3.63. The van der Waals surface area contributed by atoms with Crippen LogP contribution in [0.3, 0.4) is 0 Å². The molecule has 0 spiro atoms. The van der Waals surface area contributed by atoms with Crippen molar-refractivity contribution in [1.29, 1.82) is 0 Å². The fourth-order valence-electron chi connectivity index (χ4n) is 3.04. The first-order valence-electron chi connectivity index (χ1n) is 6.70. The zero-order valence-electron chi connectivity index (χ0n) is 11.1. The summed E-state index contributed by atoms with van der Waals surface area (Å²) in [6.07, 6.45) is 0. The van der Waals surface area contributed by atoms with E-state index in [1.807, 2.05) is 24.3 Å².